The van der Waals surface area contributed by atoms with Gasteiger partial charge in [0.05, 0.1) is 4.90 Å². The van der Waals surface area contributed by atoms with E-state index in [0.717, 1.165) is 24.8 Å². The monoisotopic (exact) mass is 467 g/mol. The van der Waals surface area contributed by atoms with Crippen LogP contribution >= 0.6 is 0 Å². The molecule has 1 aromatic rings. The Hall–Kier alpha value is -1.65. The van der Waals surface area contributed by atoms with Crippen LogP contribution in [0, 0.1) is 23.7 Å². The lowest BCUT2D eigenvalue weighted by Crippen LogP contribution is -2.45. The lowest BCUT2D eigenvalue weighted by Gasteiger charge is -2.53. The van der Waals surface area contributed by atoms with Crippen LogP contribution in [0.25, 0.3) is 0 Å². The molecule has 0 radical (unpaired) electrons. The molecule has 2 aliphatic carbocycles. The van der Waals surface area contributed by atoms with Crippen molar-refractivity contribution < 1.29 is 8.42 Å². The molecule has 1 saturated carbocycles. The van der Waals surface area contributed by atoms with Crippen molar-refractivity contribution in [1.29, 1.82) is 0 Å². The number of fused-ring (bicyclic) bond motifs is 1. The highest BCUT2D eigenvalue weighted by molar-refractivity contribution is 7.89. The van der Waals surface area contributed by atoms with Gasteiger partial charge in [-0.25, -0.2) is 8.42 Å². The first-order chi connectivity index (χ1) is 15.4. The molecule has 0 amide bonds. The van der Waals surface area contributed by atoms with Gasteiger partial charge in [-0.1, -0.05) is 83.7 Å². The van der Waals surface area contributed by atoms with Crippen LogP contribution in [0.2, 0.25) is 0 Å². The first kappa shape index (κ1) is 24.5. The first-order valence-electron chi connectivity index (χ1n) is 12.6. The standard InChI is InChI=1S/C29H41NO2S/c1-20(2)25-18-30(33(31,32)23-13-11-21(3)12-14-23)19-26-24(25)17-22(4)29(15-9-8-10-16-29)27(26)28(5,6)7/h11-14,20H,4,8-10,15-19H2,1-3,5-7H3. The third kappa shape index (κ3) is 4.18. The minimum atomic E-state index is -3.58. The fraction of sp³-hybridized carbons (Fsp3) is 0.586. The highest BCUT2D eigenvalue weighted by Crippen LogP contribution is 2.60. The molecule has 0 atom stereocenters. The first-order valence-corrected chi connectivity index (χ1v) is 14.0. The summed E-state index contributed by atoms with van der Waals surface area (Å²) in [5.41, 5.74) is 7.81. The largest absolute Gasteiger partial charge is 0.243 e. The third-order valence-corrected chi connectivity index (χ3v) is 9.90. The van der Waals surface area contributed by atoms with E-state index >= 15 is 0 Å². The summed E-state index contributed by atoms with van der Waals surface area (Å²) in [5.74, 6) is 0.292. The SMILES string of the molecule is C=C1CC2=C(C(C)C)CN(S(=O)(=O)c3ccc(C)cc3)CC2=C(C(C)(C)C)C12CCCCC2. The molecule has 1 spiro atoms. The van der Waals surface area contributed by atoms with Gasteiger partial charge in [-0.15, -0.1) is 0 Å². The molecule has 3 nitrogen and oxygen atoms in total. The second-order valence-electron chi connectivity index (χ2n) is 11.8. The second-order valence-corrected chi connectivity index (χ2v) is 13.7. The van der Waals surface area contributed by atoms with E-state index in [1.165, 1.54) is 47.1 Å². The molecule has 1 fully saturated rings. The molecule has 3 aliphatic rings. The number of rotatable bonds is 3. The maximum Gasteiger partial charge on any atom is 0.243 e. The van der Waals surface area contributed by atoms with Crippen LogP contribution in [0.15, 0.2) is 63.6 Å². The minimum absolute atomic E-state index is 0.0219. The van der Waals surface area contributed by atoms with Crippen LogP contribution in [0.1, 0.15) is 78.7 Å². The van der Waals surface area contributed by atoms with Crippen molar-refractivity contribution in [3.63, 3.8) is 0 Å². The Morgan fingerprint density at radius 3 is 2.12 bits per heavy atom. The van der Waals surface area contributed by atoms with Gasteiger partial charge in [0.25, 0.3) is 0 Å². The molecular weight excluding hydrogens is 426 g/mol. The van der Waals surface area contributed by atoms with Gasteiger partial charge in [-0.05, 0) is 71.9 Å². The Kier molecular flexibility index (Phi) is 6.33. The zero-order chi connectivity index (χ0) is 24.2. The van der Waals surface area contributed by atoms with Crippen molar-refractivity contribution in [3.8, 4) is 0 Å². The van der Waals surface area contributed by atoms with Crippen molar-refractivity contribution in [2.75, 3.05) is 13.1 Å². The Labute approximate surface area is 201 Å². The summed E-state index contributed by atoms with van der Waals surface area (Å²) < 4.78 is 29.3. The van der Waals surface area contributed by atoms with Gasteiger partial charge in [-0.3, -0.25) is 0 Å². The molecule has 0 aromatic heterocycles. The number of nitrogens with zero attached hydrogens (tertiary/aromatic N) is 1. The molecule has 1 aliphatic heterocycles. The lowest BCUT2D eigenvalue weighted by atomic mass is 9.53. The maximum absolute atomic E-state index is 13.8. The van der Waals surface area contributed by atoms with Crippen molar-refractivity contribution in [1.82, 2.24) is 4.31 Å². The van der Waals surface area contributed by atoms with E-state index in [0.29, 0.717) is 23.9 Å². The molecule has 0 N–H and O–H groups in total. The maximum atomic E-state index is 13.8. The van der Waals surface area contributed by atoms with Gasteiger partial charge >= 0.3 is 0 Å². The molecule has 0 bridgehead atoms. The van der Waals surface area contributed by atoms with Crippen LogP contribution in [0.3, 0.4) is 0 Å². The summed E-state index contributed by atoms with van der Waals surface area (Å²) in [5, 5.41) is 0. The zero-order valence-corrected chi connectivity index (χ0v) is 22.2. The van der Waals surface area contributed by atoms with Crippen molar-refractivity contribution in [2.45, 2.75) is 85.0 Å². The van der Waals surface area contributed by atoms with E-state index in [9.17, 15) is 8.42 Å². The number of aryl methyl sites for hydroxylation is 1. The molecule has 180 valence electrons. The molecule has 1 heterocycles. The number of sulfonamides is 1. The Morgan fingerprint density at radius 1 is 0.970 bits per heavy atom. The molecule has 4 rings (SSSR count). The van der Waals surface area contributed by atoms with Gasteiger partial charge < -0.3 is 0 Å². The van der Waals surface area contributed by atoms with Gasteiger partial charge in [0.15, 0.2) is 0 Å². The second kappa shape index (κ2) is 8.53. The van der Waals surface area contributed by atoms with E-state index in [1.54, 1.807) is 16.4 Å². The predicted molar refractivity (Wildman–Crippen MR) is 138 cm³/mol. The average molecular weight is 468 g/mol. The number of hydrogen-bond donors (Lipinski definition) is 0. The summed E-state index contributed by atoms with van der Waals surface area (Å²) in [4.78, 5) is 0.394. The zero-order valence-electron chi connectivity index (χ0n) is 21.4. The van der Waals surface area contributed by atoms with Gasteiger partial charge in [0, 0.05) is 18.5 Å². The minimum Gasteiger partial charge on any atom is -0.207 e. The van der Waals surface area contributed by atoms with Crippen LogP contribution in [0.5, 0.6) is 0 Å². The van der Waals surface area contributed by atoms with Crippen molar-refractivity contribution >= 4 is 10.0 Å². The van der Waals surface area contributed by atoms with Crippen LogP contribution in [-0.4, -0.2) is 25.8 Å². The molecule has 0 unspecified atom stereocenters. The Morgan fingerprint density at radius 2 is 1.58 bits per heavy atom. The predicted octanol–water partition coefficient (Wildman–Crippen LogP) is 7.21. The van der Waals surface area contributed by atoms with Gasteiger partial charge in [-0.2, -0.15) is 4.31 Å². The molecule has 33 heavy (non-hydrogen) atoms. The Bertz CT molecular complexity index is 1110. The Balaban J connectivity index is 1.93. The molecule has 0 saturated heterocycles. The fourth-order valence-corrected chi connectivity index (χ4v) is 7.98. The van der Waals surface area contributed by atoms with E-state index in [1.807, 2.05) is 19.1 Å². The number of benzene rings is 1. The van der Waals surface area contributed by atoms with E-state index < -0.39 is 10.0 Å². The summed E-state index contributed by atoms with van der Waals surface area (Å²) in [6, 6.07) is 7.29. The van der Waals surface area contributed by atoms with Crippen LogP contribution in [0.4, 0.5) is 0 Å². The number of hydrogen-bond acceptors (Lipinski definition) is 2. The molecular formula is C29H41NO2S. The highest BCUT2D eigenvalue weighted by atomic mass is 32.2. The van der Waals surface area contributed by atoms with Crippen LogP contribution < -0.4 is 0 Å². The van der Waals surface area contributed by atoms with Gasteiger partial charge in [0.2, 0.25) is 10.0 Å². The summed E-state index contributed by atoms with van der Waals surface area (Å²) >= 11 is 0. The van der Waals surface area contributed by atoms with Crippen LogP contribution in [-0.2, 0) is 10.0 Å². The number of allylic oxidation sites excluding steroid dienone is 2. The fourth-order valence-electron chi connectivity index (χ4n) is 6.59. The van der Waals surface area contributed by atoms with Crippen molar-refractivity contribution in [2.24, 2.45) is 16.7 Å². The van der Waals surface area contributed by atoms with Crippen molar-refractivity contribution in [3.05, 3.63) is 64.3 Å². The van der Waals surface area contributed by atoms with E-state index in [2.05, 4.69) is 41.2 Å². The smallest absolute Gasteiger partial charge is 0.207 e. The van der Waals surface area contributed by atoms with E-state index in [4.69, 9.17) is 0 Å². The lowest BCUT2D eigenvalue weighted by molar-refractivity contribution is 0.227. The topological polar surface area (TPSA) is 37.4 Å². The average Bonchev–Trinajstić information content (AvgIpc) is 2.74. The molecule has 4 heteroatoms. The summed E-state index contributed by atoms with van der Waals surface area (Å²) in [6.07, 6.45) is 6.95. The van der Waals surface area contributed by atoms with Gasteiger partial charge in [0.1, 0.15) is 0 Å². The molecule has 1 aromatic carbocycles. The summed E-state index contributed by atoms with van der Waals surface area (Å²) in [6.45, 7) is 18.9. The quantitative estimate of drug-likeness (QED) is 0.441. The third-order valence-electron chi connectivity index (χ3n) is 8.09. The summed E-state index contributed by atoms with van der Waals surface area (Å²) in [7, 11) is -3.58. The van der Waals surface area contributed by atoms with E-state index in [-0.39, 0.29) is 10.8 Å². The highest BCUT2D eigenvalue weighted by Gasteiger charge is 2.49. The normalized spacial score (nSPS) is 22.3.